The first-order chi connectivity index (χ1) is 4.70. The highest BCUT2D eigenvalue weighted by Gasteiger charge is 2.07. The van der Waals surface area contributed by atoms with Crippen molar-refractivity contribution in [3.05, 3.63) is 0 Å². The highest BCUT2D eigenvalue weighted by atomic mass is 35.5. The van der Waals surface area contributed by atoms with E-state index in [0.29, 0.717) is 6.42 Å². The third-order valence-corrected chi connectivity index (χ3v) is 1.32. The molecule has 0 fully saturated rings. The minimum absolute atomic E-state index is 0. The molecule has 1 atom stereocenters. The lowest BCUT2D eigenvalue weighted by atomic mass is 10.1. The minimum Gasteiger partial charge on any atom is -0.469 e. The molecule has 4 heteroatoms. The van der Waals surface area contributed by atoms with Gasteiger partial charge in [0.25, 0.3) is 0 Å². The highest BCUT2D eigenvalue weighted by Crippen LogP contribution is 1.98. The van der Waals surface area contributed by atoms with Crippen molar-refractivity contribution >= 4 is 18.4 Å². The van der Waals surface area contributed by atoms with Crippen LogP contribution in [0.5, 0.6) is 0 Å². The molecular formula is C7H16ClNO2. The number of rotatable bonds is 4. The summed E-state index contributed by atoms with van der Waals surface area (Å²) in [5.41, 5.74) is 5.56. The highest BCUT2D eigenvalue weighted by molar-refractivity contribution is 5.85. The molecule has 11 heavy (non-hydrogen) atoms. The molecule has 68 valence electrons. The number of carbonyl (C=O) groups is 1. The van der Waals surface area contributed by atoms with Crippen molar-refractivity contribution in [1.29, 1.82) is 0 Å². The maximum atomic E-state index is 10.6. The molecule has 0 aliphatic heterocycles. The number of ether oxygens (including phenoxy) is 1. The summed E-state index contributed by atoms with van der Waals surface area (Å²) in [6.45, 7) is 2.04. The van der Waals surface area contributed by atoms with E-state index in [0.717, 1.165) is 12.8 Å². The molecule has 0 bridgehead atoms. The maximum absolute atomic E-state index is 10.6. The second kappa shape index (κ2) is 7.82. The molecule has 0 unspecified atom stereocenters. The van der Waals surface area contributed by atoms with Crippen LogP contribution in [0.2, 0.25) is 0 Å². The van der Waals surface area contributed by atoms with Crippen molar-refractivity contribution in [3.8, 4) is 0 Å². The third kappa shape index (κ3) is 7.62. The van der Waals surface area contributed by atoms with Gasteiger partial charge in [-0.2, -0.15) is 0 Å². The minimum atomic E-state index is -0.221. The molecule has 0 aromatic rings. The lowest BCUT2D eigenvalue weighted by molar-refractivity contribution is -0.141. The van der Waals surface area contributed by atoms with E-state index in [1.807, 2.05) is 6.92 Å². The van der Waals surface area contributed by atoms with Gasteiger partial charge in [-0.3, -0.25) is 4.79 Å². The van der Waals surface area contributed by atoms with Gasteiger partial charge < -0.3 is 10.5 Å². The molecule has 0 heterocycles. The quantitative estimate of drug-likeness (QED) is 0.661. The van der Waals surface area contributed by atoms with Gasteiger partial charge in [0.2, 0.25) is 0 Å². The molecule has 0 aromatic heterocycles. The van der Waals surface area contributed by atoms with Crippen LogP contribution in [0.1, 0.15) is 26.2 Å². The van der Waals surface area contributed by atoms with E-state index in [2.05, 4.69) is 4.74 Å². The van der Waals surface area contributed by atoms with Crippen LogP contribution in [-0.2, 0) is 9.53 Å². The summed E-state index contributed by atoms with van der Waals surface area (Å²) in [5.74, 6) is -0.221. The Labute approximate surface area is 73.7 Å². The van der Waals surface area contributed by atoms with Gasteiger partial charge >= 0.3 is 5.97 Å². The first kappa shape index (κ1) is 13.3. The van der Waals surface area contributed by atoms with Gasteiger partial charge in [0, 0.05) is 6.04 Å². The van der Waals surface area contributed by atoms with Crippen molar-refractivity contribution in [2.75, 3.05) is 7.11 Å². The number of halogens is 1. The van der Waals surface area contributed by atoms with E-state index in [1.54, 1.807) is 0 Å². The van der Waals surface area contributed by atoms with E-state index in [4.69, 9.17) is 5.73 Å². The van der Waals surface area contributed by atoms with Crippen LogP contribution in [0.25, 0.3) is 0 Å². The van der Waals surface area contributed by atoms with Gasteiger partial charge in [-0.25, -0.2) is 0 Å². The van der Waals surface area contributed by atoms with Crippen LogP contribution in [0.4, 0.5) is 0 Å². The summed E-state index contributed by atoms with van der Waals surface area (Å²) in [6, 6.07) is -0.0301. The zero-order valence-corrected chi connectivity index (χ0v) is 7.82. The average molecular weight is 182 g/mol. The van der Waals surface area contributed by atoms with Crippen LogP contribution >= 0.6 is 12.4 Å². The zero-order chi connectivity index (χ0) is 7.98. The van der Waals surface area contributed by atoms with Crippen LogP contribution in [0.15, 0.2) is 0 Å². The Balaban J connectivity index is 0. The van der Waals surface area contributed by atoms with E-state index < -0.39 is 0 Å². The average Bonchev–Trinajstić information content (AvgIpc) is 1.88. The predicted octanol–water partition coefficient (Wildman–Crippen LogP) is 1.10. The zero-order valence-electron chi connectivity index (χ0n) is 7.00. The van der Waals surface area contributed by atoms with Gasteiger partial charge in [0.1, 0.15) is 0 Å². The molecule has 0 saturated carbocycles. The number of hydrogen-bond donors (Lipinski definition) is 1. The molecule has 0 spiro atoms. The van der Waals surface area contributed by atoms with Crippen molar-refractivity contribution in [2.24, 2.45) is 5.73 Å². The lowest BCUT2D eigenvalue weighted by Gasteiger charge is -2.06. The summed E-state index contributed by atoms with van der Waals surface area (Å²) < 4.78 is 4.45. The summed E-state index contributed by atoms with van der Waals surface area (Å²) in [7, 11) is 1.38. The first-order valence-corrected chi connectivity index (χ1v) is 3.53. The predicted molar refractivity (Wildman–Crippen MR) is 46.8 cm³/mol. The Morgan fingerprint density at radius 1 is 1.64 bits per heavy atom. The molecule has 0 aromatic carbocycles. The number of carbonyl (C=O) groups excluding carboxylic acids is 1. The molecular weight excluding hydrogens is 166 g/mol. The second-order valence-electron chi connectivity index (χ2n) is 2.33. The Bertz CT molecular complexity index is 109. The Morgan fingerprint density at radius 3 is 2.55 bits per heavy atom. The second-order valence-corrected chi connectivity index (χ2v) is 2.33. The van der Waals surface area contributed by atoms with Gasteiger partial charge in [0.05, 0.1) is 13.5 Å². The fourth-order valence-electron chi connectivity index (χ4n) is 0.770. The van der Waals surface area contributed by atoms with Crippen molar-refractivity contribution < 1.29 is 9.53 Å². The van der Waals surface area contributed by atoms with Crippen molar-refractivity contribution in [2.45, 2.75) is 32.2 Å². The summed E-state index contributed by atoms with van der Waals surface area (Å²) in [4.78, 5) is 10.6. The van der Waals surface area contributed by atoms with Gasteiger partial charge in [-0.05, 0) is 6.42 Å². The third-order valence-electron chi connectivity index (χ3n) is 1.32. The van der Waals surface area contributed by atoms with Crippen LogP contribution < -0.4 is 5.73 Å². The summed E-state index contributed by atoms with van der Waals surface area (Å²) in [6.07, 6.45) is 2.23. The first-order valence-electron chi connectivity index (χ1n) is 3.53. The monoisotopic (exact) mass is 181 g/mol. The SMILES string of the molecule is CCC[C@@H](N)CC(=O)OC.Cl. The van der Waals surface area contributed by atoms with E-state index in [-0.39, 0.29) is 24.4 Å². The number of hydrogen-bond acceptors (Lipinski definition) is 3. The maximum Gasteiger partial charge on any atom is 0.307 e. The van der Waals surface area contributed by atoms with Crippen molar-refractivity contribution in [3.63, 3.8) is 0 Å². The molecule has 0 saturated heterocycles. The van der Waals surface area contributed by atoms with Gasteiger partial charge in [0.15, 0.2) is 0 Å². The molecule has 0 radical (unpaired) electrons. The summed E-state index contributed by atoms with van der Waals surface area (Å²) >= 11 is 0. The number of methoxy groups -OCH3 is 1. The Kier molecular flexibility index (Phi) is 9.47. The fraction of sp³-hybridized carbons (Fsp3) is 0.857. The van der Waals surface area contributed by atoms with Crippen LogP contribution in [0, 0.1) is 0 Å². The van der Waals surface area contributed by atoms with Crippen molar-refractivity contribution in [1.82, 2.24) is 0 Å². The standard InChI is InChI=1S/C7H15NO2.ClH/c1-3-4-6(8)5-7(9)10-2;/h6H,3-5,8H2,1-2H3;1H/t6-;/m1./s1. The molecule has 0 amide bonds. The Morgan fingerprint density at radius 2 is 2.18 bits per heavy atom. The van der Waals surface area contributed by atoms with E-state index in [1.165, 1.54) is 7.11 Å². The molecule has 2 N–H and O–H groups in total. The lowest BCUT2D eigenvalue weighted by Crippen LogP contribution is -2.23. The topological polar surface area (TPSA) is 52.3 Å². The van der Waals surface area contributed by atoms with Gasteiger partial charge in [-0.15, -0.1) is 12.4 Å². The number of nitrogens with two attached hydrogens (primary N) is 1. The summed E-state index contributed by atoms with van der Waals surface area (Å²) in [5, 5.41) is 0. The van der Waals surface area contributed by atoms with E-state index in [9.17, 15) is 4.79 Å². The van der Waals surface area contributed by atoms with Crippen LogP contribution in [0.3, 0.4) is 0 Å². The number of esters is 1. The van der Waals surface area contributed by atoms with E-state index >= 15 is 0 Å². The van der Waals surface area contributed by atoms with Crippen LogP contribution in [-0.4, -0.2) is 19.1 Å². The molecule has 0 aliphatic carbocycles. The normalized spacial score (nSPS) is 11.5. The smallest absolute Gasteiger partial charge is 0.307 e. The molecule has 0 aliphatic rings. The largest absolute Gasteiger partial charge is 0.469 e. The van der Waals surface area contributed by atoms with Gasteiger partial charge in [-0.1, -0.05) is 13.3 Å². The molecule has 0 rings (SSSR count). The Hall–Kier alpha value is -0.280. The molecule has 3 nitrogen and oxygen atoms in total. The fourth-order valence-corrected chi connectivity index (χ4v) is 0.770.